The van der Waals surface area contributed by atoms with Crippen molar-refractivity contribution in [2.75, 3.05) is 11.5 Å². The second-order valence-corrected chi connectivity index (χ2v) is 9.57. The van der Waals surface area contributed by atoms with E-state index in [4.69, 9.17) is 0 Å². The molecule has 2 atom stereocenters. The van der Waals surface area contributed by atoms with Crippen molar-refractivity contribution in [1.29, 1.82) is 0 Å². The largest absolute Gasteiger partial charge is 0.350 e. The summed E-state index contributed by atoms with van der Waals surface area (Å²) in [6, 6.07) is 14.0. The predicted octanol–water partition coefficient (Wildman–Crippen LogP) is 1.20. The normalized spacial score (nSPS) is 21.1. The number of hydrogen-bond donors (Lipinski definition) is 1. The fraction of sp³-hybridized carbons (Fsp3) is 0.286. The number of hydrogen-bond acceptors (Lipinski definition) is 5. The highest BCUT2D eigenvalue weighted by molar-refractivity contribution is 7.91. The third kappa shape index (κ3) is 3.80. The summed E-state index contributed by atoms with van der Waals surface area (Å²) >= 11 is 0. The van der Waals surface area contributed by atoms with Crippen LogP contribution in [0.3, 0.4) is 0 Å². The Hall–Kier alpha value is -3.00. The molecule has 29 heavy (non-hydrogen) atoms. The summed E-state index contributed by atoms with van der Waals surface area (Å²) in [5, 5.41) is 2.74. The molecular weight excluding hydrogens is 392 g/mol. The highest BCUT2D eigenvalue weighted by Gasteiger charge is 2.43. The van der Waals surface area contributed by atoms with Crippen LogP contribution >= 0.6 is 0 Å². The zero-order chi connectivity index (χ0) is 20.6. The van der Waals surface area contributed by atoms with E-state index in [1.165, 1.54) is 0 Å². The van der Waals surface area contributed by atoms with Crippen LogP contribution in [0.15, 0.2) is 54.6 Å². The van der Waals surface area contributed by atoms with Gasteiger partial charge in [0, 0.05) is 12.5 Å². The average molecular weight is 412 g/mol. The minimum absolute atomic E-state index is 0.0221. The number of carbonyl (C=O) groups is 3. The van der Waals surface area contributed by atoms with Crippen molar-refractivity contribution in [3.63, 3.8) is 0 Å². The lowest BCUT2D eigenvalue weighted by molar-refractivity contribution is -0.125. The van der Waals surface area contributed by atoms with Crippen LogP contribution in [0.25, 0.3) is 0 Å². The van der Waals surface area contributed by atoms with Gasteiger partial charge in [-0.3, -0.25) is 19.3 Å². The quantitative estimate of drug-likeness (QED) is 0.744. The van der Waals surface area contributed by atoms with Crippen LogP contribution in [0, 0.1) is 0 Å². The molecule has 1 saturated heterocycles. The molecular formula is C21H20N2O5S. The average Bonchev–Trinajstić information content (AvgIpc) is 3.17. The Morgan fingerprint density at radius 3 is 2.14 bits per heavy atom. The number of imide groups is 1. The molecule has 0 saturated carbocycles. The fourth-order valence-electron chi connectivity index (χ4n) is 3.84. The number of rotatable bonds is 5. The number of amides is 3. The van der Waals surface area contributed by atoms with Gasteiger partial charge in [0.2, 0.25) is 5.91 Å². The van der Waals surface area contributed by atoms with Crippen molar-refractivity contribution in [1.82, 2.24) is 10.2 Å². The monoisotopic (exact) mass is 412 g/mol. The van der Waals surface area contributed by atoms with Crippen molar-refractivity contribution < 1.29 is 22.8 Å². The van der Waals surface area contributed by atoms with Gasteiger partial charge in [0.05, 0.1) is 22.6 Å². The molecule has 0 aromatic heterocycles. The molecule has 4 rings (SSSR count). The van der Waals surface area contributed by atoms with Gasteiger partial charge in [-0.1, -0.05) is 42.5 Å². The van der Waals surface area contributed by atoms with Crippen molar-refractivity contribution >= 4 is 27.6 Å². The first-order valence-corrected chi connectivity index (χ1v) is 11.2. The summed E-state index contributed by atoms with van der Waals surface area (Å²) in [6.07, 6.45) is 0.478. The highest BCUT2D eigenvalue weighted by atomic mass is 32.2. The van der Waals surface area contributed by atoms with Gasteiger partial charge in [0.1, 0.15) is 6.04 Å². The fourth-order valence-corrected chi connectivity index (χ4v) is 5.51. The molecule has 0 radical (unpaired) electrons. The predicted molar refractivity (Wildman–Crippen MR) is 106 cm³/mol. The van der Waals surface area contributed by atoms with Gasteiger partial charge in [-0.25, -0.2) is 8.42 Å². The van der Waals surface area contributed by atoms with E-state index in [1.54, 1.807) is 24.3 Å². The molecule has 7 nitrogen and oxygen atoms in total. The second kappa shape index (κ2) is 7.44. The van der Waals surface area contributed by atoms with Gasteiger partial charge >= 0.3 is 0 Å². The zero-order valence-electron chi connectivity index (χ0n) is 15.6. The second-order valence-electron chi connectivity index (χ2n) is 7.34. The molecule has 2 aliphatic rings. The van der Waals surface area contributed by atoms with Crippen molar-refractivity contribution in [3.8, 4) is 0 Å². The molecule has 3 amide bonds. The van der Waals surface area contributed by atoms with Gasteiger partial charge in [-0.05, 0) is 24.1 Å². The summed E-state index contributed by atoms with van der Waals surface area (Å²) in [7, 11) is -3.17. The maximum absolute atomic E-state index is 13.1. The third-order valence-corrected chi connectivity index (χ3v) is 7.06. The molecule has 150 valence electrons. The molecule has 8 heteroatoms. The molecule has 2 aromatic carbocycles. The topological polar surface area (TPSA) is 101 Å². The van der Waals surface area contributed by atoms with Crippen LogP contribution in [0.5, 0.6) is 0 Å². The zero-order valence-corrected chi connectivity index (χ0v) is 16.4. The van der Waals surface area contributed by atoms with Gasteiger partial charge in [0.15, 0.2) is 9.84 Å². The Labute approximate surface area is 168 Å². The first-order chi connectivity index (χ1) is 13.9. The molecule has 0 spiro atoms. The molecule has 2 unspecified atom stereocenters. The highest BCUT2D eigenvalue weighted by Crippen LogP contribution is 2.26. The molecule has 0 aliphatic carbocycles. The van der Waals surface area contributed by atoms with Gasteiger partial charge in [0.25, 0.3) is 11.8 Å². The summed E-state index contributed by atoms with van der Waals surface area (Å²) < 4.78 is 23.4. The van der Waals surface area contributed by atoms with Gasteiger partial charge in [-0.2, -0.15) is 0 Å². The maximum atomic E-state index is 13.1. The summed E-state index contributed by atoms with van der Waals surface area (Å²) in [5.74, 6) is -1.65. The van der Waals surface area contributed by atoms with Crippen LogP contribution in [0.4, 0.5) is 0 Å². The minimum Gasteiger partial charge on any atom is -0.350 e. The first kappa shape index (κ1) is 19.3. The SMILES string of the molecule is O=C(NC1CCS(=O)(=O)C1)C(Cc1ccccc1)N1C(=O)c2ccccc2C1=O. The third-order valence-electron chi connectivity index (χ3n) is 5.29. The Balaban J connectivity index is 1.63. The maximum Gasteiger partial charge on any atom is 0.262 e. The molecule has 1 fully saturated rings. The molecule has 2 heterocycles. The number of nitrogens with zero attached hydrogens (tertiary/aromatic N) is 1. The van der Waals surface area contributed by atoms with E-state index >= 15 is 0 Å². The minimum atomic E-state index is -3.17. The number of fused-ring (bicyclic) bond motifs is 1. The Bertz CT molecular complexity index is 1050. The first-order valence-electron chi connectivity index (χ1n) is 9.37. The number of sulfone groups is 1. The van der Waals surface area contributed by atoms with Crippen LogP contribution in [0.2, 0.25) is 0 Å². The summed E-state index contributed by atoms with van der Waals surface area (Å²) in [6.45, 7) is 0. The number of carbonyl (C=O) groups excluding carboxylic acids is 3. The Morgan fingerprint density at radius 1 is 1.00 bits per heavy atom. The number of nitrogens with one attached hydrogen (secondary N) is 1. The summed E-state index contributed by atoms with van der Waals surface area (Å²) in [5.41, 5.74) is 1.34. The van der Waals surface area contributed by atoms with Crippen LogP contribution in [-0.2, 0) is 21.1 Å². The van der Waals surface area contributed by atoms with Crippen molar-refractivity contribution in [2.45, 2.75) is 24.9 Å². The van der Waals surface area contributed by atoms with E-state index in [-0.39, 0.29) is 29.1 Å². The van der Waals surface area contributed by atoms with Crippen LogP contribution in [0.1, 0.15) is 32.7 Å². The molecule has 0 bridgehead atoms. The number of benzene rings is 2. The Kier molecular flexibility index (Phi) is 4.96. The van der Waals surface area contributed by atoms with E-state index in [0.29, 0.717) is 6.42 Å². The standard InChI is InChI=1S/C21H20N2O5S/c24-19(22-15-10-11-29(27,28)13-15)18(12-14-6-2-1-3-7-14)23-20(25)16-8-4-5-9-17(16)21(23)26/h1-9,15,18H,10-13H2,(H,22,24). The van der Waals surface area contributed by atoms with E-state index in [1.807, 2.05) is 30.3 Å². The van der Waals surface area contributed by atoms with Crippen LogP contribution in [-0.4, -0.2) is 54.6 Å². The molecule has 2 aromatic rings. The van der Waals surface area contributed by atoms with Crippen LogP contribution < -0.4 is 5.32 Å². The van der Waals surface area contributed by atoms with E-state index in [9.17, 15) is 22.8 Å². The van der Waals surface area contributed by atoms with Crippen molar-refractivity contribution in [3.05, 3.63) is 71.3 Å². The molecule has 1 N–H and O–H groups in total. The lowest BCUT2D eigenvalue weighted by atomic mass is 10.0. The van der Waals surface area contributed by atoms with Gasteiger partial charge in [-0.15, -0.1) is 0 Å². The Morgan fingerprint density at radius 2 is 1.59 bits per heavy atom. The smallest absolute Gasteiger partial charge is 0.262 e. The van der Waals surface area contributed by atoms with E-state index < -0.39 is 39.6 Å². The van der Waals surface area contributed by atoms with E-state index in [2.05, 4.69) is 5.32 Å². The lowest BCUT2D eigenvalue weighted by Gasteiger charge is -2.26. The summed E-state index contributed by atoms with van der Waals surface area (Å²) in [4.78, 5) is 39.9. The van der Waals surface area contributed by atoms with E-state index in [0.717, 1.165) is 10.5 Å². The van der Waals surface area contributed by atoms with Gasteiger partial charge < -0.3 is 5.32 Å². The molecule has 2 aliphatic heterocycles. The van der Waals surface area contributed by atoms with Crippen molar-refractivity contribution in [2.24, 2.45) is 0 Å². The lowest BCUT2D eigenvalue weighted by Crippen LogP contribution is -2.53.